The Morgan fingerprint density at radius 3 is 2.67 bits per heavy atom. The fourth-order valence-corrected chi connectivity index (χ4v) is 2.52. The van der Waals surface area contributed by atoms with Crippen LogP contribution >= 0.6 is 0 Å². The summed E-state index contributed by atoms with van der Waals surface area (Å²) in [6.45, 7) is 2.72. The molecule has 0 aromatic heterocycles. The summed E-state index contributed by atoms with van der Waals surface area (Å²) in [5.74, 6) is -0.956. The number of benzene rings is 1. The van der Waals surface area contributed by atoms with Crippen LogP contribution < -0.4 is 0 Å². The standard InChI is InChI=1S/C16H22FNO3/c1-11(20)15-9-13(17)8-12(16(15)21)10-18(14-4-5-14)6-2-3-7-19/h8-9,14,19,21H,2-7,10H2,1H3. The highest BCUT2D eigenvalue weighted by atomic mass is 19.1. The number of ketones is 1. The molecule has 1 aliphatic rings. The van der Waals surface area contributed by atoms with E-state index in [1.165, 1.54) is 13.0 Å². The number of rotatable bonds is 8. The van der Waals surface area contributed by atoms with Gasteiger partial charge >= 0.3 is 0 Å². The molecule has 0 saturated heterocycles. The molecule has 0 spiro atoms. The average molecular weight is 295 g/mol. The third-order valence-corrected chi connectivity index (χ3v) is 3.82. The van der Waals surface area contributed by atoms with Crippen LogP contribution in [0.3, 0.4) is 0 Å². The van der Waals surface area contributed by atoms with Crippen LogP contribution in [0.4, 0.5) is 4.39 Å². The van der Waals surface area contributed by atoms with Crippen LogP contribution in [-0.2, 0) is 6.54 Å². The van der Waals surface area contributed by atoms with Gasteiger partial charge in [0.2, 0.25) is 0 Å². The van der Waals surface area contributed by atoms with Crippen molar-refractivity contribution in [1.82, 2.24) is 4.90 Å². The first-order chi connectivity index (χ1) is 10.0. The van der Waals surface area contributed by atoms with E-state index in [-0.39, 0.29) is 23.7 Å². The average Bonchev–Trinajstić information content (AvgIpc) is 3.25. The van der Waals surface area contributed by atoms with Gasteiger partial charge in [-0.05, 0) is 51.3 Å². The van der Waals surface area contributed by atoms with Crippen LogP contribution in [0.2, 0.25) is 0 Å². The van der Waals surface area contributed by atoms with Crippen molar-refractivity contribution in [3.05, 3.63) is 29.1 Å². The van der Waals surface area contributed by atoms with Crippen LogP contribution in [-0.4, -0.2) is 40.1 Å². The molecule has 2 rings (SSSR count). The molecule has 1 aliphatic carbocycles. The quantitative estimate of drug-likeness (QED) is 0.571. The predicted molar refractivity (Wildman–Crippen MR) is 77.8 cm³/mol. The second kappa shape index (κ2) is 7.00. The number of hydrogen-bond acceptors (Lipinski definition) is 4. The predicted octanol–water partition coefficient (Wildman–Crippen LogP) is 2.47. The van der Waals surface area contributed by atoms with Crippen molar-refractivity contribution in [3.8, 4) is 5.75 Å². The zero-order chi connectivity index (χ0) is 15.4. The van der Waals surface area contributed by atoms with Gasteiger partial charge in [-0.1, -0.05) is 0 Å². The number of Topliss-reactive ketones (excluding diaryl/α,β-unsaturated/α-hetero) is 1. The molecule has 116 valence electrons. The minimum absolute atomic E-state index is 0.0381. The molecule has 0 bridgehead atoms. The highest BCUT2D eigenvalue weighted by molar-refractivity contribution is 5.97. The Morgan fingerprint density at radius 1 is 1.38 bits per heavy atom. The number of aliphatic hydroxyl groups is 1. The van der Waals surface area contributed by atoms with Crippen molar-refractivity contribution in [2.45, 2.75) is 45.2 Å². The van der Waals surface area contributed by atoms with Gasteiger partial charge in [-0.3, -0.25) is 9.69 Å². The zero-order valence-electron chi connectivity index (χ0n) is 12.3. The van der Waals surface area contributed by atoms with Crippen molar-refractivity contribution in [2.75, 3.05) is 13.2 Å². The largest absolute Gasteiger partial charge is 0.507 e. The molecule has 1 saturated carbocycles. The van der Waals surface area contributed by atoms with Gasteiger partial charge < -0.3 is 10.2 Å². The number of aliphatic hydroxyl groups excluding tert-OH is 1. The molecule has 2 N–H and O–H groups in total. The maximum Gasteiger partial charge on any atom is 0.163 e. The van der Waals surface area contributed by atoms with Crippen LogP contribution in [0.25, 0.3) is 0 Å². The highest BCUT2D eigenvalue weighted by Crippen LogP contribution is 2.32. The molecular formula is C16H22FNO3. The summed E-state index contributed by atoms with van der Waals surface area (Å²) < 4.78 is 13.6. The Hall–Kier alpha value is -1.46. The first kappa shape index (κ1) is 15.9. The Kier molecular flexibility index (Phi) is 5.31. The van der Waals surface area contributed by atoms with Crippen LogP contribution in [0.1, 0.15) is 48.5 Å². The summed E-state index contributed by atoms with van der Waals surface area (Å²) in [5.41, 5.74) is 0.493. The van der Waals surface area contributed by atoms with Crippen molar-refractivity contribution < 1.29 is 19.4 Å². The number of phenolic OH excluding ortho intramolecular Hbond substituents is 1. The highest BCUT2D eigenvalue weighted by Gasteiger charge is 2.29. The lowest BCUT2D eigenvalue weighted by molar-refractivity contribution is 0.101. The summed E-state index contributed by atoms with van der Waals surface area (Å²) in [5, 5.41) is 19.0. The van der Waals surface area contributed by atoms with E-state index in [9.17, 15) is 14.3 Å². The summed E-state index contributed by atoms with van der Waals surface area (Å²) in [6.07, 6.45) is 3.81. The molecule has 0 unspecified atom stereocenters. The maximum atomic E-state index is 13.6. The molecular weight excluding hydrogens is 273 g/mol. The number of unbranched alkanes of at least 4 members (excludes halogenated alkanes) is 1. The van der Waals surface area contributed by atoms with Crippen molar-refractivity contribution in [3.63, 3.8) is 0 Å². The van der Waals surface area contributed by atoms with Crippen LogP contribution in [0, 0.1) is 5.82 Å². The van der Waals surface area contributed by atoms with Gasteiger partial charge in [0.15, 0.2) is 5.78 Å². The van der Waals surface area contributed by atoms with Crippen LogP contribution in [0.5, 0.6) is 5.75 Å². The Morgan fingerprint density at radius 2 is 2.10 bits per heavy atom. The van der Waals surface area contributed by atoms with E-state index in [4.69, 9.17) is 5.11 Å². The van der Waals surface area contributed by atoms with Gasteiger partial charge in [0.1, 0.15) is 11.6 Å². The third-order valence-electron chi connectivity index (χ3n) is 3.82. The molecule has 0 atom stereocenters. The zero-order valence-corrected chi connectivity index (χ0v) is 12.3. The number of phenols is 1. The van der Waals surface area contributed by atoms with Crippen molar-refractivity contribution in [1.29, 1.82) is 0 Å². The maximum absolute atomic E-state index is 13.6. The van der Waals surface area contributed by atoms with E-state index < -0.39 is 5.82 Å². The third kappa shape index (κ3) is 4.25. The molecule has 5 heteroatoms. The van der Waals surface area contributed by atoms with E-state index >= 15 is 0 Å². The number of nitrogens with zero attached hydrogens (tertiary/aromatic N) is 1. The van der Waals surface area contributed by atoms with E-state index in [1.807, 2.05) is 0 Å². The molecule has 0 amide bonds. The lowest BCUT2D eigenvalue weighted by atomic mass is 10.0. The van der Waals surface area contributed by atoms with Gasteiger partial charge in [-0.2, -0.15) is 0 Å². The Bertz CT molecular complexity index is 514. The lowest BCUT2D eigenvalue weighted by Gasteiger charge is -2.23. The fourth-order valence-electron chi connectivity index (χ4n) is 2.52. The molecule has 0 radical (unpaired) electrons. The van der Waals surface area contributed by atoms with Gasteiger partial charge in [-0.25, -0.2) is 4.39 Å². The fraction of sp³-hybridized carbons (Fsp3) is 0.562. The molecule has 1 aromatic carbocycles. The molecule has 1 fully saturated rings. The number of aromatic hydroxyl groups is 1. The smallest absolute Gasteiger partial charge is 0.163 e. The summed E-state index contributed by atoms with van der Waals surface area (Å²) in [6, 6.07) is 2.84. The molecule has 21 heavy (non-hydrogen) atoms. The van der Waals surface area contributed by atoms with E-state index in [1.54, 1.807) is 0 Å². The molecule has 0 heterocycles. The SMILES string of the molecule is CC(=O)c1cc(F)cc(CN(CCCCO)C2CC2)c1O. The Balaban J connectivity index is 2.14. The van der Waals surface area contributed by atoms with Crippen molar-refractivity contribution >= 4 is 5.78 Å². The molecule has 0 aliphatic heterocycles. The number of hydrogen-bond donors (Lipinski definition) is 2. The summed E-state index contributed by atoms with van der Waals surface area (Å²) in [7, 11) is 0. The monoisotopic (exact) mass is 295 g/mol. The summed E-state index contributed by atoms with van der Waals surface area (Å²) in [4.78, 5) is 13.6. The molecule has 1 aromatic rings. The first-order valence-corrected chi connectivity index (χ1v) is 7.40. The van der Waals surface area contributed by atoms with Crippen LogP contribution in [0.15, 0.2) is 12.1 Å². The van der Waals surface area contributed by atoms with E-state index in [0.717, 1.165) is 38.3 Å². The Labute approximate surface area is 124 Å². The van der Waals surface area contributed by atoms with E-state index in [2.05, 4.69) is 4.90 Å². The second-order valence-electron chi connectivity index (χ2n) is 5.65. The minimum Gasteiger partial charge on any atom is -0.507 e. The summed E-state index contributed by atoms with van der Waals surface area (Å²) >= 11 is 0. The first-order valence-electron chi connectivity index (χ1n) is 7.40. The van der Waals surface area contributed by atoms with Gasteiger partial charge in [0.05, 0.1) is 5.56 Å². The normalized spacial score (nSPS) is 14.7. The minimum atomic E-state index is -0.501. The molecule has 4 nitrogen and oxygen atoms in total. The number of carbonyl (C=O) groups is 1. The number of halogens is 1. The number of carbonyl (C=O) groups excluding carboxylic acids is 1. The lowest BCUT2D eigenvalue weighted by Crippen LogP contribution is -2.27. The van der Waals surface area contributed by atoms with E-state index in [0.29, 0.717) is 18.2 Å². The van der Waals surface area contributed by atoms with Gasteiger partial charge in [0, 0.05) is 24.8 Å². The van der Waals surface area contributed by atoms with Crippen molar-refractivity contribution in [2.24, 2.45) is 0 Å². The second-order valence-corrected chi connectivity index (χ2v) is 5.65. The topological polar surface area (TPSA) is 60.8 Å². The van der Waals surface area contributed by atoms with Gasteiger partial charge in [0.25, 0.3) is 0 Å². The van der Waals surface area contributed by atoms with Gasteiger partial charge in [-0.15, -0.1) is 0 Å².